The van der Waals surface area contributed by atoms with E-state index in [0.717, 1.165) is 44.6 Å². The SMILES string of the molecule is CCNC(=NCCS(=O)(=O)NCc1ccccc1)NC(C)CCCN(CC)CC. The maximum Gasteiger partial charge on any atom is 0.213 e. The van der Waals surface area contributed by atoms with Crippen LogP contribution in [-0.4, -0.2) is 63.8 Å². The van der Waals surface area contributed by atoms with E-state index in [0.29, 0.717) is 12.5 Å². The fourth-order valence-electron chi connectivity index (χ4n) is 2.93. The lowest BCUT2D eigenvalue weighted by Crippen LogP contribution is -2.43. The minimum atomic E-state index is -3.37. The first-order valence-corrected chi connectivity index (χ1v) is 12.3. The van der Waals surface area contributed by atoms with Crippen molar-refractivity contribution in [3.05, 3.63) is 35.9 Å². The molecule has 0 aliphatic heterocycles. The van der Waals surface area contributed by atoms with Gasteiger partial charge in [0.2, 0.25) is 10.0 Å². The number of nitrogens with zero attached hydrogens (tertiary/aromatic N) is 2. The Hall–Kier alpha value is -1.64. The molecule has 0 radical (unpaired) electrons. The molecule has 1 aromatic rings. The van der Waals surface area contributed by atoms with Crippen LogP contribution >= 0.6 is 0 Å². The molecule has 0 aromatic heterocycles. The lowest BCUT2D eigenvalue weighted by Gasteiger charge is -2.21. The number of hydrogen-bond acceptors (Lipinski definition) is 4. The fraction of sp³-hybridized carbons (Fsp3) is 0.667. The Balaban J connectivity index is 2.43. The first kappa shape index (κ1) is 25.4. The number of benzene rings is 1. The van der Waals surface area contributed by atoms with E-state index in [4.69, 9.17) is 0 Å². The van der Waals surface area contributed by atoms with Gasteiger partial charge in [0.05, 0.1) is 12.3 Å². The molecule has 1 unspecified atom stereocenters. The molecule has 0 saturated carbocycles. The van der Waals surface area contributed by atoms with Crippen LogP contribution in [0.1, 0.15) is 46.1 Å². The topological polar surface area (TPSA) is 85.8 Å². The lowest BCUT2D eigenvalue weighted by atomic mass is 10.2. The highest BCUT2D eigenvalue weighted by molar-refractivity contribution is 7.89. The summed E-state index contributed by atoms with van der Waals surface area (Å²) in [4.78, 5) is 6.85. The number of aliphatic imine (C=N–C) groups is 1. The van der Waals surface area contributed by atoms with Crippen LogP contribution in [0.5, 0.6) is 0 Å². The molecular weight excluding hydrogens is 386 g/mol. The van der Waals surface area contributed by atoms with Gasteiger partial charge in [0.15, 0.2) is 5.96 Å². The van der Waals surface area contributed by atoms with Gasteiger partial charge in [0.25, 0.3) is 0 Å². The van der Waals surface area contributed by atoms with E-state index in [9.17, 15) is 8.42 Å². The summed E-state index contributed by atoms with van der Waals surface area (Å²) in [6.07, 6.45) is 2.16. The lowest BCUT2D eigenvalue weighted by molar-refractivity contribution is 0.292. The van der Waals surface area contributed by atoms with Gasteiger partial charge in [-0.05, 0) is 51.9 Å². The van der Waals surface area contributed by atoms with Crippen LogP contribution in [0.4, 0.5) is 0 Å². The summed E-state index contributed by atoms with van der Waals surface area (Å²) in [6, 6.07) is 9.77. The number of rotatable bonds is 14. The quantitative estimate of drug-likeness (QED) is 0.314. The van der Waals surface area contributed by atoms with E-state index < -0.39 is 10.0 Å². The highest BCUT2D eigenvalue weighted by atomic mass is 32.2. The minimum Gasteiger partial charge on any atom is -0.357 e. The molecule has 0 aliphatic carbocycles. The van der Waals surface area contributed by atoms with Crippen LogP contribution in [0.25, 0.3) is 0 Å². The first-order valence-electron chi connectivity index (χ1n) is 10.7. The highest BCUT2D eigenvalue weighted by Gasteiger charge is 2.11. The van der Waals surface area contributed by atoms with E-state index in [2.05, 4.69) is 46.0 Å². The number of sulfonamides is 1. The van der Waals surface area contributed by atoms with Crippen molar-refractivity contribution >= 4 is 16.0 Å². The van der Waals surface area contributed by atoms with Crippen molar-refractivity contribution in [2.24, 2.45) is 4.99 Å². The van der Waals surface area contributed by atoms with Crippen molar-refractivity contribution in [3.63, 3.8) is 0 Å². The van der Waals surface area contributed by atoms with Crippen LogP contribution in [0, 0.1) is 0 Å². The van der Waals surface area contributed by atoms with Gasteiger partial charge in [-0.3, -0.25) is 4.99 Å². The Bertz CT molecular complexity index is 676. The second-order valence-corrected chi connectivity index (χ2v) is 9.03. The van der Waals surface area contributed by atoms with E-state index >= 15 is 0 Å². The molecule has 3 N–H and O–H groups in total. The molecule has 0 bridgehead atoms. The number of guanidine groups is 1. The molecule has 1 rings (SSSR count). The zero-order chi connectivity index (χ0) is 21.5. The first-order chi connectivity index (χ1) is 13.9. The van der Waals surface area contributed by atoms with Gasteiger partial charge in [0, 0.05) is 19.1 Å². The zero-order valence-corrected chi connectivity index (χ0v) is 19.3. The van der Waals surface area contributed by atoms with E-state index in [-0.39, 0.29) is 18.3 Å². The Morgan fingerprint density at radius 2 is 1.83 bits per heavy atom. The molecule has 0 amide bonds. The Kier molecular flexibility index (Phi) is 12.6. The Morgan fingerprint density at radius 3 is 2.45 bits per heavy atom. The summed E-state index contributed by atoms with van der Waals surface area (Å²) >= 11 is 0. The normalized spacial score (nSPS) is 13.5. The molecule has 166 valence electrons. The fourth-order valence-corrected chi connectivity index (χ4v) is 3.79. The molecule has 0 fully saturated rings. The molecule has 0 heterocycles. The van der Waals surface area contributed by atoms with Crippen molar-refractivity contribution in [3.8, 4) is 0 Å². The van der Waals surface area contributed by atoms with E-state index in [1.54, 1.807) is 0 Å². The van der Waals surface area contributed by atoms with Crippen LogP contribution in [0.2, 0.25) is 0 Å². The van der Waals surface area contributed by atoms with Crippen molar-refractivity contribution in [2.75, 3.05) is 38.5 Å². The van der Waals surface area contributed by atoms with E-state index in [1.807, 2.05) is 37.3 Å². The second-order valence-electron chi connectivity index (χ2n) is 7.10. The minimum absolute atomic E-state index is 0.0350. The van der Waals surface area contributed by atoms with Crippen LogP contribution < -0.4 is 15.4 Å². The predicted molar refractivity (Wildman–Crippen MR) is 123 cm³/mol. The summed E-state index contributed by atoms with van der Waals surface area (Å²) in [6.45, 7) is 13.0. The maximum atomic E-state index is 12.2. The molecule has 0 saturated heterocycles. The molecule has 1 aromatic carbocycles. The van der Waals surface area contributed by atoms with Gasteiger partial charge in [-0.15, -0.1) is 0 Å². The molecule has 7 nitrogen and oxygen atoms in total. The largest absolute Gasteiger partial charge is 0.357 e. The van der Waals surface area contributed by atoms with E-state index in [1.165, 1.54) is 0 Å². The van der Waals surface area contributed by atoms with Crippen molar-refractivity contribution < 1.29 is 8.42 Å². The van der Waals surface area contributed by atoms with Crippen molar-refractivity contribution in [1.29, 1.82) is 0 Å². The summed E-state index contributed by atoms with van der Waals surface area (Å²) in [5, 5.41) is 6.57. The summed E-state index contributed by atoms with van der Waals surface area (Å²) in [5.74, 6) is 0.633. The Labute approximate surface area is 177 Å². The van der Waals surface area contributed by atoms with Gasteiger partial charge in [-0.25, -0.2) is 13.1 Å². The summed E-state index contributed by atoms with van der Waals surface area (Å²) in [7, 11) is -3.37. The molecule has 0 aliphatic rings. The van der Waals surface area contributed by atoms with Crippen LogP contribution in [0.3, 0.4) is 0 Å². The molecule has 8 heteroatoms. The van der Waals surface area contributed by atoms with Gasteiger partial charge in [-0.1, -0.05) is 44.2 Å². The average molecular weight is 426 g/mol. The summed E-state index contributed by atoms with van der Waals surface area (Å²) in [5.41, 5.74) is 0.938. The molecule has 29 heavy (non-hydrogen) atoms. The summed E-state index contributed by atoms with van der Waals surface area (Å²) < 4.78 is 27.0. The third-order valence-corrected chi connectivity index (χ3v) is 6.01. The predicted octanol–water partition coefficient (Wildman–Crippen LogP) is 2.17. The molecular formula is C21H39N5O2S. The third kappa shape index (κ3) is 11.8. The molecule has 1 atom stereocenters. The monoisotopic (exact) mass is 425 g/mol. The van der Waals surface area contributed by atoms with Gasteiger partial charge in [0.1, 0.15) is 0 Å². The van der Waals surface area contributed by atoms with Crippen molar-refractivity contribution in [1.82, 2.24) is 20.3 Å². The van der Waals surface area contributed by atoms with Gasteiger partial charge >= 0.3 is 0 Å². The number of hydrogen-bond donors (Lipinski definition) is 3. The number of nitrogens with one attached hydrogen (secondary N) is 3. The molecule has 0 spiro atoms. The average Bonchev–Trinajstić information content (AvgIpc) is 2.70. The third-order valence-electron chi connectivity index (χ3n) is 4.70. The van der Waals surface area contributed by atoms with Gasteiger partial charge < -0.3 is 15.5 Å². The second kappa shape index (κ2) is 14.4. The zero-order valence-electron chi connectivity index (χ0n) is 18.4. The maximum absolute atomic E-state index is 12.2. The van der Waals surface area contributed by atoms with Crippen molar-refractivity contribution in [2.45, 2.75) is 53.1 Å². The standard InChI is InChI=1S/C21H39N5O2S/c1-5-22-21(25-19(4)12-11-16-26(6-2)7-3)23-15-17-29(27,28)24-18-20-13-9-8-10-14-20/h8-10,13-14,19,24H,5-7,11-12,15-18H2,1-4H3,(H2,22,23,25). The van der Waals surface area contributed by atoms with Gasteiger partial charge in [-0.2, -0.15) is 0 Å². The van der Waals surface area contributed by atoms with Crippen LogP contribution in [-0.2, 0) is 16.6 Å². The highest BCUT2D eigenvalue weighted by Crippen LogP contribution is 2.01. The smallest absolute Gasteiger partial charge is 0.213 e. The van der Waals surface area contributed by atoms with Crippen LogP contribution in [0.15, 0.2) is 35.3 Å². The Morgan fingerprint density at radius 1 is 1.14 bits per heavy atom.